The van der Waals surface area contributed by atoms with Gasteiger partial charge in [0.1, 0.15) is 11.6 Å². The molecule has 1 saturated heterocycles. The number of nitrogens with zero attached hydrogens (tertiary/aromatic N) is 3. The van der Waals surface area contributed by atoms with Crippen LogP contribution in [0.4, 0.5) is 16.4 Å². The number of hydrogen-bond donors (Lipinski definition) is 5. The summed E-state index contributed by atoms with van der Waals surface area (Å²) in [6.45, 7) is 0. The minimum atomic E-state index is -0.368. The maximum absolute atomic E-state index is 12.0. The third-order valence-corrected chi connectivity index (χ3v) is 6.30. The largest absolute Gasteiger partial charge is 0.367 e. The van der Waals surface area contributed by atoms with Crippen LogP contribution in [0.2, 0.25) is 0 Å². The maximum Gasteiger partial charge on any atom is 0.314 e. The van der Waals surface area contributed by atoms with Crippen LogP contribution in [0.1, 0.15) is 50.5 Å². The monoisotopic (exact) mass is 452 g/mol. The van der Waals surface area contributed by atoms with E-state index < -0.39 is 0 Å². The fraction of sp³-hybridized carbons (Fsp3) is 0.500. The van der Waals surface area contributed by atoms with E-state index in [1.165, 1.54) is 0 Å². The fourth-order valence-corrected chi connectivity index (χ4v) is 4.35. The summed E-state index contributed by atoms with van der Waals surface area (Å²) in [7, 11) is 1.62. The first-order valence-electron chi connectivity index (χ1n) is 11.4. The maximum atomic E-state index is 12.0. The molecule has 3 heterocycles. The number of imide groups is 1. The highest BCUT2D eigenvalue weighted by Crippen LogP contribution is 2.29. The van der Waals surface area contributed by atoms with Gasteiger partial charge in [-0.15, -0.1) is 0 Å². The lowest BCUT2D eigenvalue weighted by molar-refractivity contribution is -0.124. The molecule has 3 fully saturated rings. The summed E-state index contributed by atoms with van der Waals surface area (Å²) in [6, 6.07) is 2.68. The van der Waals surface area contributed by atoms with Gasteiger partial charge >= 0.3 is 6.03 Å². The van der Waals surface area contributed by atoms with Gasteiger partial charge in [0.05, 0.1) is 12.6 Å². The minimum Gasteiger partial charge on any atom is -0.367 e. The lowest BCUT2D eigenvalue weighted by Gasteiger charge is -2.30. The molecule has 174 valence electrons. The van der Waals surface area contributed by atoms with E-state index in [0.717, 1.165) is 50.2 Å². The molecule has 11 nitrogen and oxygen atoms in total. The third kappa shape index (κ3) is 4.76. The van der Waals surface area contributed by atoms with Crippen LogP contribution in [-0.2, 0) is 9.59 Å². The molecular formula is C22H28N8O3. The zero-order valence-corrected chi connectivity index (χ0v) is 18.5. The normalized spacial score (nSPS) is 24.1. The van der Waals surface area contributed by atoms with Crippen LogP contribution in [0.25, 0.3) is 11.7 Å². The quantitative estimate of drug-likeness (QED) is 0.329. The average Bonchev–Trinajstić information content (AvgIpc) is 3.43. The molecule has 2 saturated carbocycles. The molecule has 0 atom stereocenters. The van der Waals surface area contributed by atoms with Crippen molar-refractivity contribution in [2.24, 2.45) is 0 Å². The van der Waals surface area contributed by atoms with E-state index in [9.17, 15) is 14.4 Å². The van der Waals surface area contributed by atoms with Crippen molar-refractivity contribution in [2.75, 3.05) is 17.7 Å². The molecule has 5 N–H and O–H groups in total. The molecule has 5 rings (SSSR count). The van der Waals surface area contributed by atoms with Crippen LogP contribution in [0.5, 0.6) is 0 Å². The highest BCUT2D eigenvalue weighted by molar-refractivity contribution is 6.15. The Kier molecular flexibility index (Phi) is 5.61. The van der Waals surface area contributed by atoms with E-state index in [-0.39, 0.29) is 36.3 Å². The Hall–Kier alpha value is -3.63. The standard InChI is InChI=1S/C22H28N8O3/c1-23-22(33)27-16-6-2-14(3-7-16)25-17-10-18(26-15-4-5-15)30-20(28-17)13(11-24-30)8-12-9-19(31)29-21(12)32/h8,10-11,14-16,26H,2-7,9H2,1H3,(H,25,28)(H2,23,27,33)(H,29,31,32)/b12-8+. The van der Waals surface area contributed by atoms with Gasteiger partial charge in [0.2, 0.25) is 5.91 Å². The predicted octanol–water partition coefficient (Wildman–Crippen LogP) is 1.39. The number of amides is 4. The van der Waals surface area contributed by atoms with Gasteiger partial charge in [-0.3, -0.25) is 14.9 Å². The molecule has 0 unspecified atom stereocenters. The Morgan fingerprint density at radius 3 is 2.45 bits per heavy atom. The molecule has 2 aromatic rings. The van der Waals surface area contributed by atoms with Crippen molar-refractivity contribution in [3.63, 3.8) is 0 Å². The highest BCUT2D eigenvalue weighted by atomic mass is 16.2. The van der Waals surface area contributed by atoms with E-state index in [1.807, 2.05) is 6.07 Å². The molecule has 0 bridgehead atoms. The molecule has 3 aliphatic rings. The van der Waals surface area contributed by atoms with Gasteiger partial charge in [-0.25, -0.2) is 9.78 Å². The van der Waals surface area contributed by atoms with Crippen molar-refractivity contribution < 1.29 is 14.4 Å². The van der Waals surface area contributed by atoms with E-state index in [4.69, 9.17) is 4.98 Å². The molecule has 4 amide bonds. The zero-order valence-electron chi connectivity index (χ0n) is 18.5. The molecule has 0 spiro atoms. The Balaban J connectivity index is 1.37. The summed E-state index contributed by atoms with van der Waals surface area (Å²) in [6.07, 6.45) is 9.30. The summed E-state index contributed by atoms with van der Waals surface area (Å²) in [4.78, 5) is 39.9. The molecule has 11 heteroatoms. The topological polar surface area (TPSA) is 142 Å². The number of fused-ring (bicyclic) bond motifs is 1. The van der Waals surface area contributed by atoms with Gasteiger partial charge in [-0.2, -0.15) is 9.61 Å². The number of urea groups is 1. The van der Waals surface area contributed by atoms with Crippen LogP contribution in [0.15, 0.2) is 17.8 Å². The number of anilines is 2. The van der Waals surface area contributed by atoms with Crippen molar-refractivity contribution in [1.29, 1.82) is 0 Å². The van der Waals surface area contributed by atoms with Gasteiger partial charge in [0.15, 0.2) is 5.65 Å². The SMILES string of the molecule is CNC(=O)NC1CCC(Nc2cc(NC3CC3)n3ncc(/C=C4\CC(=O)NC4=O)c3n2)CC1. The lowest BCUT2D eigenvalue weighted by atomic mass is 9.91. The smallest absolute Gasteiger partial charge is 0.314 e. The van der Waals surface area contributed by atoms with Gasteiger partial charge in [0, 0.05) is 42.4 Å². The van der Waals surface area contributed by atoms with Crippen LogP contribution >= 0.6 is 0 Å². The Bertz CT molecular complexity index is 1130. The van der Waals surface area contributed by atoms with Crippen molar-refractivity contribution in [3.8, 4) is 0 Å². The second-order valence-corrected chi connectivity index (χ2v) is 8.92. The van der Waals surface area contributed by atoms with Crippen molar-refractivity contribution in [3.05, 3.63) is 23.4 Å². The second-order valence-electron chi connectivity index (χ2n) is 8.92. The number of hydrogen-bond acceptors (Lipinski definition) is 7. The first-order chi connectivity index (χ1) is 16.0. The Morgan fingerprint density at radius 2 is 1.79 bits per heavy atom. The number of rotatable bonds is 6. The van der Waals surface area contributed by atoms with Crippen LogP contribution in [-0.4, -0.2) is 57.6 Å². The van der Waals surface area contributed by atoms with Gasteiger partial charge in [-0.05, 0) is 44.6 Å². The first kappa shape index (κ1) is 21.2. The van der Waals surface area contributed by atoms with Crippen molar-refractivity contribution in [1.82, 2.24) is 30.5 Å². The molecule has 0 radical (unpaired) electrons. The first-order valence-corrected chi connectivity index (χ1v) is 11.4. The highest BCUT2D eigenvalue weighted by Gasteiger charge is 2.27. The molecule has 33 heavy (non-hydrogen) atoms. The number of carbonyl (C=O) groups is 3. The van der Waals surface area contributed by atoms with Gasteiger partial charge in [-0.1, -0.05) is 0 Å². The fourth-order valence-electron chi connectivity index (χ4n) is 4.35. The molecule has 0 aromatic carbocycles. The molecule has 2 aliphatic carbocycles. The Labute approximate surface area is 190 Å². The second kappa shape index (κ2) is 8.72. The van der Waals surface area contributed by atoms with Crippen molar-refractivity contribution in [2.45, 2.75) is 63.1 Å². The summed E-state index contributed by atoms with van der Waals surface area (Å²) in [5, 5.41) is 19.4. The third-order valence-electron chi connectivity index (χ3n) is 6.30. The molecule has 1 aliphatic heterocycles. The van der Waals surface area contributed by atoms with E-state index >= 15 is 0 Å². The van der Waals surface area contributed by atoms with Gasteiger partial charge in [0.25, 0.3) is 5.91 Å². The minimum absolute atomic E-state index is 0.0641. The van der Waals surface area contributed by atoms with Gasteiger partial charge < -0.3 is 21.3 Å². The number of aromatic nitrogens is 3. The molecule has 2 aromatic heterocycles. The number of carbonyl (C=O) groups excluding carboxylic acids is 3. The predicted molar refractivity (Wildman–Crippen MR) is 123 cm³/mol. The summed E-state index contributed by atoms with van der Waals surface area (Å²) in [5.74, 6) is 0.916. The van der Waals surface area contributed by atoms with E-state index in [1.54, 1.807) is 23.8 Å². The zero-order chi connectivity index (χ0) is 22.9. The van der Waals surface area contributed by atoms with E-state index in [0.29, 0.717) is 22.8 Å². The summed E-state index contributed by atoms with van der Waals surface area (Å²) in [5.41, 5.74) is 1.72. The number of nitrogens with one attached hydrogen (secondary N) is 5. The van der Waals surface area contributed by atoms with Crippen LogP contribution in [0, 0.1) is 0 Å². The van der Waals surface area contributed by atoms with Crippen LogP contribution < -0.4 is 26.6 Å². The average molecular weight is 453 g/mol. The summed E-state index contributed by atoms with van der Waals surface area (Å²) >= 11 is 0. The van der Waals surface area contributed by atoms with E-state index in [2.05, 4.69) is 31.7 Å². The van der Waals surface area contributed by atoms with Crippen molar-refractivity contribution >= 4 is 41.2 Å². The lowest BCUT2D eigenvalue weighted by Crippen LogP contribution is -2.43. The Morgan fingerprint density at radius 1 is 1.09 bits per heavy atom. The van der Waals surface area contributed by atoms with Crippen LogP contribution in [0.3, 0.4) is 0 Å². The molecular weight excluding hydrogens is 424 g/mol. The summed E-state index contributed by atoms with van der Waals surface area (Å²) < 4.78 is 1.74.